The molecule has 0 fully saturated rings. The van der Waals surface area contributed by atoms with Crippen molar-refractivity contribution in [1.82, 2.24) is 10.2 Å². The summed E-state index contributed by atoms with van der Waals surface area (Å²) in [6, 6.07) is 10.7. The molecule has 0 spiro atoms. The molecule has 0 aliphatic rings. The van der Waals surface area contributed by atoms with Gasteiger partial charge in [-0.2, -0.15) is 0 Å². The fraction of sp³-hybridized carbons (Fsp3) is 0.294. The van der Waals surface area contributed by atoms with Gasteiger partial charge in [0.05, 0.1) is 6.54 Å². The summed E-state index contributed by atoms with van der Waals surface area (Å²) in [7, 11) is 3.73. The van der Waals surface area contributed by atoms with Crippen LogP contribution in [0.2, 0.25) is 0 Å². The van der Waals surface area contributed by atoms with Crippen LogP contribution in [0.4, 0.5) is 0 Å². The molecule has 0 aliphatic heterocycles. The van der Waals surface area contributed by atoms with Crippen molar-refractivity contribution in [2.75, 3.05) is 14.1 Å². The minimum atomic E-state index is -0.946. The van der Waals surface area contributed by atoms with E-state index in [0.29, 0.717) is 6.54 Å². The number of benzene rings is 1. The molecule has 1 amide bonds. The molecule has 1 atom stereocenters. The summed E-state index contributed by atoms with van der Waals surface area (Å²) in [6.45, 7) is 2.31. The molecule has 1 aromatic heterocycles. The third kappa shape index (κ3) is 4.18. The summed E-state index contributed by atoms with van der Waals surface area (Å²) in [5.41, 5.74) is 2.03. The van der Waals surface area contributed by atoms with Gasteiger partial charge in [-0.25, -0.2) is 4.79 Å². The van der Waals surface area contributed by atoms with Gasteiger partial charge in [-0.3, -0.25) is 9.69 Å². The summed E-state index contributed by atoms with van der Waals surface area (Å²) in [4.78, 5) is 26.4. The van der Waals surface area contributed by atoms with E-state index < -0.39 is 5.97 Å². The molecule has 2 aromatic rings. The van der Waals surface area contributed by atoms with E-state index >= 15 is 0 Å². The average Bonchev–Trinajstić information content (AvgIpc) is 2.96. The van der Waals surface area contributed by atoms with E-state index in [9.17, 15) is 9.59 Å². The van der Waals surface area contributed by atoms with Crippen LogP contribution in [0.3, 0.4) is 0 Å². The molecule has 0 bridgehead atoms. The van der Waals surface area contributed by atoms with Crippen LogP contribution in [-0.4, -0.2) is 36.0 Å². The van der Waals surface area contributed by atoms with E-state index in [1.54, 1.807) is 12.1 Å². The molecule has 0 saturated carbocycles. The number of carbonyl (C=O) groups is 2. The van der Waals surface area contributed by atoms with E-state index in [1.807, 2.05) is 50.2 Å². The van der Waals surface area contributed by atoms with Gasteiger partial charge < -0.3 is 10.4 Å². The highest BCUT2D eigenvalue weighted by atomic mass is 32.1. The molecule has 0 aliphatic carbocycles. The van der Waals surface area contributed by atoms with Gasteiger partial charge in [-0.15, -0.1) is 11.3 Å². The van der Waals surface area contributed by atoms with Crippen LogP contribution < -0.4 is 5.32 Å². The third-order valence-corrected chi connectivity index (χ3v) is 4.63. The van der Waals surface area contributed by atoms with Gasteiger partial charge in [0.1, 0.15) is 10.9 Å². The van der Waals surface area contributed by atoms with Crippen molar-refractivity contribution in [3.63, 3.8) is 0 Å². The van der Waals surface area contributed by atoms with Gasteiger partial charge in [0.25, 0.3) is 0 Å². The normalized spacial score (nSPS) is 12.2. The Kier molecular flexibility index (Phi) is 5.52. The molecule has 6 heteroatoms. The standard InChI is InChI=1S/C17H20N2O3S/c1-11-6-4-5-7-13(11)15(19(2)3)16(20)18-10-12-8-9-14(23-12)17(21)22/h4-9,15H,10H2,1-3H3,(H,18,20)(H,21,22)/t15-/m0/s1. The van der Waals surface area contributed by atoms with Gasteiger partial charge in [0.15, 0.2) is 0 Å². The monoisotopic (exact) mass is 332 g/mol. The molecule has 2 rings (SSSR count). The quantitative estimate of drug-likeness (QED) is 0.853. The summed E-state index contributed by atoms with van der Waals surface area (Å²) < 4.78 is 0. The SMILES string of the molecule is Cc1ccccc1[C@@H](C(=O)NCc1ccc(C(=O)O)s1)N(C)C. The Balaban J connectivity index is 2.10. The molecule has 122 valence electrons. The van der Waals surface area contributed by atoms with E-state index in [-0.39, 0.29) is 16.8 Å². The lowest BCUT2D eigenvalue weighted by Crippen LogP contribution is -2.37. The van der Waals surface area contributed by atoms with E-state index in [4.69, 9.17) is 5.11 Å². The highest BCUT2D eigenvalue weighted by molar-refractivity contribution is 7.13. The molecular weight excluding hydrogens is 312 g/mol. The molecule has 0 saturated heterocycles. The number of carboxylic acids is 1. The maximum Gasteiger partial charge on any atom is 0.345 e. The second-order valence-corrected chi connectivity index (χ2v) is 6.68. The number of aromatic carboxylic acids is 1. The first kappa shape index (κ1) is 17.2. The van der Waals surface area contributed by atoms with Crippen molar-refractivity contribution < 1.29 is 14.7 Å². The van der Waals surface area contributed by atoms with Crippen molar-refractivity contribution in [2.24, 2.45) is 0 Å². The van der Waals surface area contributed by atoms with E-state index in [0.717, 1.165) is 16.0 Å². The molecule has 1 heterocycles. The number of rotatable bonds is 6. The van der Waals surface area contributed by atoms with Gasteiger partial charge in [-0.1, -0.05) is 24.3 Å². The smallest absolute Gasteiger partial charge is 0.345 e. The minimum absolute atomic E-state index is 0.102. The zero-order chi connectivity index (χ0) is 17.0. The number of amides is 1. The second-order valence-electron chi connectivity index (χ2n) is 5.51. The summed E-state index contributed by atoms with van der Waals surface area (Å²) >= 11 is 1.17. The molecule has 1 aromatic carbocycles. The number of aryl methyl sites for hydroxylation is 1. The third-order valence-electron chi connectivity index (χ3n) is 3.56. The fourth-order valence-electron chi connectivity index (χ4n) is 2.41. The predicted molar refractivity (Wildman–Crippen MR) is 90.7 cm³/mol. The van der Waals surface area contributed by atoms with Crippen LogP contribution in [0.25, 0.3) is 0 Å². The number of nitrogens with zero attached hydrogens (tertiary/aromatic N) is 1. The maximum absolute atomic E-state index is 12.6. The molecule has 0 radical (unpaired) electrons. The van der Waals surface area contributed by atoms with Crippen molar-refractivity contribution >= 4 is 23.2 Å². The summed E-state index contributed by atoms with van der Waals surface area (Å²) in [5.74, 6) is -1.05. The first-order valence-corrected chi connectivity index (χ1v) is 8.03. The van der Waals surface area contributed by atoms with Gasteiger partial charge >= 0.3 is 5.97 Å². The van der Waals surface area contributed by atoms with Crippen LogP contribution in [0.5, 0.6) is 0 Å². The van der Waals surface area contributed by atoms with E-state index in [2.05, 4.69) is 5.32 Å². The largest absolute Gasteiger partial charge is 0.477 e. The van der Waals surface area contributed by atoms with Crippen LogP contribution in [0.1, 0.15) is 31.7 Å². The zero-order valence-corrected chi connectivity index (χ0v) is 14.2. The predicted octanol–water partition coefficient (Wildman–Crippen LogP) is 2.67. The molecule has 2 N–H and O–H groups in total. The van der Waals surface area contributed by atoms with Crippen molar-refractivity contribution in [3.05, 3.63) is 57.3 Å². The summed E-state index contributed by atoms with van der Waals surface area (Å²) in [6.07, 6.45) is 0. The molecule has 23 heavy (non-hydrogen) atoms. The minimum Gasteiger partial charge on any atom is -0.477 e. The Bertz CT molecular complexity index is 709. The molecule has 0 unspecified atom stereocenters. The molecule has 5 nitrogen and oxygen atoms in total. The topological polar surface area (TPSA) is 69.6 Å². The highest BCUT2D eigenvalue weighted by Gasteiger charge is 2.24. The van der Waals surface area contributed by atoms with Crippen molar-refractivity contribution in [3.8, 4) is 0 Å². The van der Waals surface area contributed by atoms with Crippen molar-refractivity contribution in [1.29, 1.82) is 0 Å². The Morgan fingerprint density at radius 2 is 1.91 bits per heavy atom. The Morgan fingerprint density at radius 3 is 2.48 bits per heavy atom. The number of nitrogens with one attached hydrogen (secondary N) is 1. The number of hydrogen-bond acceptors (Lipinski definition) is 4. The Labute approximate surface area is 139 Å². The van der Waals surface area contributed by atoms with Gasteiger partial charge in [0.2, 0.25) is 5.91 Å². The highest BCUT2D eigenvalue weighted by Crippen LogP contribution is 2.22. The number of carboxylic acid groups (broad SMARTS) is 1. The number of likely N-dealkylation sites (N-methyl/N-ethyl adjacent to an activating group) is 1. The summed E-state index contributed by atoms with van der Waals surface area (Å²) in [5, 5.41) is 11.8. The lowest BCUT2D eigenvalue weighted by Gasteiger charge is -2.25. The number of hydrogen-bond donors (Lipinski definition) is 2. The van der Waals surface area contributed by atoms with Gasteiger partial charge in [0, 0.05) is 4.88 Å². The average molecular weight is 332 g/mol. The second kappa shape index (κ2) is 7.39. The van der Waals surface area contributed by atoms with E-state index in [1.165, 1.54) is 11.3 Å². The van der Waals surface area contributed by atoms with Gasteiger partial charge in [-0.05, 0) is 44.3 Å². The van der Waals surface area contributed by atoms with Crippen LogP contribution in [0, 0.1) is 6.92 Å². The maximum atomic E-state index is 12.6. The Morgan fingerprint density at radius 1 is 1.22 bits per heavy atom. The lowest BCUT2D eigenvalue weighted by atomic mass is 10.00. The Hall–Kier alpha value is -2.18. The number of thiophene rings is 1. The first-order valence-electron chi connectivity index (χ1n) is 7.22. The lowest BCUT2D eigenvalue weighted by molar-refractivity contribution is -0.125. The zero-order valence-electron chi connectivity index (χ0n) is 13.4. The van der Waals surface area contributed by atoms with Crippen LogP contribution in [0.15, 0.2) is 36.4 Å². The van der Waals surface area contributed by atoms with Crippen molar-refractivity contribution in [2.45, 2.75) is 19.5 Å². The van der Waals surface area contributed by atoms with Crippen LogP contribution in [-0.2, 0) is 11.3 Å². The first-order chi connectivity index (χ1) is 10.9. The number of carbonyl (C=O) groups excluding carboxylic acids is 1. The molecular formula is C17H20N2O3S. The van der Waals surface area contributed by atoms with Crippen LogP contribution >= 0.6 is 11.3 Å². The fourth-order valence-corrected chi connectivity index (χ4v) is 3.19.